The molecule has 3 heteroatoms. The molecule has 0 amide bonds. The Balaban J connectivity index is 1.92. The van der Waals surface area contributed by atoms with Gasteiger partial charge in [-0.25, -0.2) is 0 Å². The number of rotatable bonds is 1. The van der Waals surface area contributed by atoms with Crippen LogP contribution in [0.15, 0.2) is 0 Å². The second kappa shape index (κ2) is 1.94. The highest BCUT2D eigenvalue weighted by Crippen LogP contribution is 2.29. The van der Waals surface area contributed by atoms with E-state index in [4.69, 9.17) is 14.2 Å². The molecule has 2 aliphatic rings. The minimum absolute atomic E-state index is 0.176. The van der Waals surface area contributed by atoms with Crippen LogP contribution in [0, 0.1) is 0 Å². The van der Waals surface area contributed by atoms with E-state index >= 15 is 0 Å². The normalized spacial score (nSPS) is 43.8. The van der Waals surface area contributed by atoms with Crippen LogP contribution in [0.4, 0.5) is 0 Å². The van der Waals surface area contributed by atoms with Crippen molar-refractivity contribution in [2.45, 2.75) is 31.8 Å². The van der Waals surface area contributed by atoms with Crippen molar-refractivity contribution in [3.63, 3.8) is 0 Å². The summed E-state index contributed by atoms with van der Waals surface area (Å²) in [6.45, 7) is 5.37. The maximum Gasteiger partial charge on any atom is 0.163 e. The van der Waals surface area contributed by atoms with E-state index in [1.54, 1.807) is 0 Å². The SMILES string of the molecule is CC1(C)OC[C@H](C2CO2)O1. The molecule has 2 atom stereocenters. The fourth-order valence-electron chi connectivity index (χ4n) is 1.17. The van der Waals surface area contributed by atoms with Gasteiger partial charge in [-0.15, -0.1) is 0 Å². The van der Waals surface area contributed by atoms with Gasteiger partial charge >= 0.3 is 0 Å². The van der Waals surface area contributed by atoms with E-state index in [1.165, 1.54) is 0 Å². The summed E-state index contributed by atoms with van der Waals surface area (Å²) in [5, 5.41) is 0. The summed E-state index contributed by atoms with van der Waals surface area (Å²) in [6.07, 6.45) is 0.483. The van der Waals surface area contributed by atoms with Crippen molar-refractivity contribution in [2.24, 2.45) is 0 Å². The molecule has 0 radical (unpaired) electrons. The Hall–Kier alpha value is -0.120. The first-order valence-electron chi connectivity index (χ1n) is 3.61. The molecular weight excluding hydrogens is 132 g/mol. The Bertz CT molecular complexity index is 140. The molecule has 2 fully saturated rings. The first kappa shape index (κ1) is 6.58. The molecule has 0 N–H and O–H groups in total. The molecule has 10 heavy (non-hydrogen) atoms. The zero-order valence-corrected chi connectivity index (χ0v) is 6.29. The maximum atomic E-state index is 5.53. The van der Waals surface area contributed by atoms with Crippen molar-refractivity contribution in [1.29, 1.82) is 0 Å². The predicted molar refractivity (Wildman–Crippen MR) is 34.6 cm³/mol. The van der Waals surface area contributed by atoms with Crippen LogP contribution < -0.4 is 0 Å². The summed E-state index contributed by atoms with van der Waals surface area (Å²) in [7, 11) is 0. The molecule has 2 aliphatic heterocycles. The summed E-state index contributed by atoms with van der Waals surface area (Å²) in [5.41, 5.74) is 0. The van der Waals surface area contributed by atoms with Crippen LogP contribution in [0.3, 0.4) is 0 Å². The van der Waals surface area contributed by atoms with E-state index in [-0.39, 0.29) is 6.10 Å². The molecule has 0 aromatic rings. The Morgan fingerprint density at radius 1 is 1.20 bits per heavy atom. The van der Waals surface area contributed by atoms with Gasteiger partial charge in [-0.05, 0) is 13.8 Å². The van der Waals surface area contributed by atoms with E-state index in [1.807, 2.05) is 13.8 Å². The summed E-state index contributed by atoms with van der Waals surface area (Å²) in [4.78, 5) is 0. The Labute approximate surface area is 60.3 Å². The van der Waals surface area contributed by atoms with E-state index < -0.39 is 5.79 Å². The molecule has 2 heterocycles. The number of hydrogen-bond acceptors (Lipinski definition) is 3. The minimum atomic E-state index is -0.392. The van der Waals surface area contributed by atoms with Gasteiger partial charge in [0.15, 0.2) is 5.79 Å². The zero-order chi connectivity index (χ0) is 7.19. The van der Waals surface area contributed by atoms with Gasteiger partial charge in [0.05, 0.1) is 13.2 Å². The van der Waals surface area contributed by atoms with Crippen LogP contribution >= 0.6 is 0 Å². The van der Waals surface area contributed by atoms with Crippen LogP contribution in [-0.2, 0) is 14.2 Å². The highest BCUT2D eigenvalue weighted by atomic mass is 16.8. The third kappa shape index (κ3) is 1.17. The lowest BCUT2D eigenvalue weighted by Crippen LogP contribution is -2.24. The molecule has 0 aliphatic carbocycles. The van der Waals surface area contributed by atoms with Gasteiger partial charge < -0.3 is 14.2 Å². The van der Waals surface area contributed by atoms with Crippen molar-refractivity contribution in [3.05, 3.63) is 0 Å². The fraction of sp³-hybridized carbons (Fsp3) is 1.00. The van der Waals surface area contributed by atoms with Crippen molar-refractivity contribution >= 4 is 0 Å². The number of ether oxygens (including phenoxy) is 3. The smallest absolute Gasteiger partial charge is 0.163 e. The molecule has 0 bridgehead atoms. The van der Waals surface area contributed by atoms with Crippen LogP contribution in [0.5, 0.6) is 0 Å². The van der Waals surface area contributed by atoms with Crippen molar-refractivity contribution in [2.75, 3.05) is 13.2 Å². The molecule has 2 saturated heterocycles. The van der Waals surface area contributed by atoms with E-state index in [0.29, 0.717) is 12.7 Å². The molecular formula is C7H12O3. The molecule has 1 unspecified atom stereocenters. The molecule has 2 rings (SSSR count). The van der Waals surface area contributed by atoms with Gasteiger partial charge in [-0.1, -0.05) is 0 Å². The standard InChI is InChI=1S/C7H12O3/c1-7(2)9-4-6(10-7)5-3-8-5/h5-6H,3-4H2,1-2H3/t5?,6-/m1/s1. The largest absolute Gasteiger partial charge is 0.370 e. The Morgan fingerprint density at radius 3 is 2.30 bits per heavy atom. The Kier molecular flexibility index (Phi) is 1.27. The fourth-order valence-corrected chi connectivity index (χ4v) is 1.17. The summed E-state index contributed by atoms with van der Waals surface area (Å²) >= 11 is 0. The number of hydrogen-bond donors (Lipinski definition) is 0. The van der Waals surface area contributed by atoms with Gasteiger partial charge in [0.1, 0.15) is 12.2 Å². The predicted octanol–water partition coefficient (Wildman–Crippen LogP) is 0.537. The highest BCUT2D eigenvalue weighted by Gasteiger charge is 2.43. The van der Waals surface area contributed by atoms with Gasteiger partial charge in [-0.3, -0.25) is 0 Å². The van der Waals surface area contributed by atoms with E-state index in [9.17, 15) is 0 Å². The summed E-state index contributed by atoms with van der Waals surface area (Å²) in [6, 6.07) is 0. The van der Waals surface area contributed by atoms with Crippen molar-refractivity contribution in [3.8, 4) is 0 Å². The lowest BCUT2D eigenvalue weighted by Gasteiger charge is -2.15. The third-order valence-electron chi connectivity index (χ3n) is 1.80. The zero-order valence-electron chi connectivity index (χ0n) is 6.29. The molecule has 0 aromatic heterocycles. The second-order valence-electron chi connectivity index (χ2n) is 3.24. The van der Waals surface area contributed by atoms with Crippen molar-refractivity contribution in [1.82, 2.24) is 0 Å². The van der Waals surface area contributed by atoms with Gasteiger partial charge in [0.25, 0.3) is 0 Å². The monoisotopic (exact) mass is 144 g/mol. The second-order valence-corrected chi connectivity index (χ2v) is 3.24. The third-order valence-corrected chi connectivity index (χ3v) is 1.80. The summed E-state index contributed by atoms with van der Waals surface area (Å²) < 4.78 is 16.0. The highest BCUT2D eigenvalue weighted by molar-refractivity contribution is 4.84. The first-order chi connectivity index (χ1) is 4.67. The van der Waals surface area contributed by atoms with Crippen LogP contribution in [-0.4, -0.2) is 31.2 Å². The van der Waals surface area contributed by atoms with E-state index in [0.717, 1.165) is 6.61 Å². The van der Waals surface area contributed by atoms with Gasteiger partial charge in [-0.2, -0.15) is 0 Å². The molecule has 58 valence electrons. The minimum Gasteiger partial charge on any atom is -0.370 e. The molecule has 0 spiro atoms. The average Bonchev–Trinajstić information content (AvgIpc) is 2.59. The summed E-state index contributed by atoms with van der Waals surface area (Å²) in [5.74, 6) is -0.392. The van der Waals surface area contributed by atoms with Gasteiger partial charge in [0.2, 0.25) is 0 Å². The molecule has 3 nitrogen and oxygen atoms in total. The van der Waals surface area contributed by atoms with Crippen LogP contribution in [0.2, 0.25) is 0 Å². The topological polar surface area (TPSA) is 31.0 Å². The van der Waals surface area contributed by atoms with Crippen LogP contribution in [0.1, 0.15) is 13.8 Å². The lowest BCUT2D eigenvalue weighted by molar-refractivity contribution is -0.140. The maximum absolute atomic E-state index is 5.53. The molecule has 0 aromatic carbocycles. The van der Waals surface area contributed by atoms with Crippen molar-refractivity contribution < 1.29 is 14.2 Å². The lowest BCUT2D eigenvalue weighted by atomic mass is 10.3. The average molecular weight is 144 g/mol. The number of epoxide rings is 1. The Morgan fingerprint density at radius 2 is 1.90 bits per heavy atom. The van der Waals surface area contributed by atoms with E-state index in [2.05, 4.69) is 0 Å². The quantitative estimate of drug-likeness (QED) is 0.503. The first-order valence-corrected chi connectivity index (χ1v) is 3.61. The van der Waals surface area contributed by atoms with Crippen LogP contribution in [0.25, 0.3) is 0 Å². The molecule has 0 saturated carbocycles. The van der Waals surface area contributed by atoms with Gasteiger partial charge in [0, 0.05) is 0 Å².